The Morgan fingerprint density at radius 1 is 0.194 bits per heavy atom. The largest absolute Gasteiger partial charge is 0.494 e. The molecule has 0 atom stereocenters. The molecule has 0 radical (unpaired) electrons. The van der Waals surface area contributed by atoms with Crippen molar-refractivity contribution in [2.24, 2.45) is 37.9 Å². The normalized spacial score (nSPS) is 12.5. The summed E-state index contributed by atoms with van der Waals surface area (Å²) in [7, 11) is 5.05. The van der Waals surface area contributed by atoms with Crippen LogP contribution < -0.4 is 33.2 Å². The molecule has 13 nitrogen and oxygen atoms in total. The molecule has 0 aromatic heterocycles. The highest BCUT2D eigenvalue weighted by molar-refractivity contribution is 5.77. The molecule has 0 aliphatic heterocycles. The van der Waals surface area contributed by atoms with Gasteiger partial charge in [0.2, 0.25) is 0 Å². The van der Waals surface area contributed by atoms with Gasteiger partial charge in [-0.15, -0.1) is 0 Å². The van der Waals surface area contributed by atoms with Crippen LogP contribution in [0.2, 0.25) is 0 Å². The molecule has 0 aliphatic rings. The standard InChI is InChI=1S/C19H32O2.2C17H26O2.3C17H28O2.C17H28O/c1-7-12-20-13-14-21-17-10-8-16(9-11-17)19(5,6)15-18(2,3)4;2*1-13(18)11-19-15-9-7-14(8-10-15)17(5,6)12-16(2,3)4;3*1-16(2,3)13-17(4,5)14-7-9-15(10-8-14)19-12-11-18-6;1-7-12-18-15-10-8-14(9-11-15)17(5,6)13-16(2,3)4/h8-11H,7,12-15H2,1-6H3;2*7-10H,11-12H2,1-6H3;3*7-10H,11-13H2,1-6H3;8-11H,7,12-13H2,1-6H3. The Kier molecular flexibility index (Phi) is 52.9. The molecule has 758 valence electrons. The molecule has 7 rings (SSSR count). The highest BCUT2D eigenvalue weighted by atomic mass is 16.5. The molecule has 0 aliphatic carbocycles. The second kappa shape index (κ2) is 57.0. The van der Waals surface area contributed by atoms with E-state index in [0.29, 0.717) is 90.8 Å². The molecule has 13 heteroatoms. The van der Waals surface area contributed by atoms with Crippen LogP contribution in [0.3, 0.4) is 0 Å². The van der Waals surface area contributed by atoms with Crippen molar-refractivity contribution in [3.05, 3.63) is 209 Å². The van der Waals surface area contributed by atoms with Crippen molar-refractivity contribution in [3.63, 3.8) is 0 Å². The summed E-state index contributed by atoms with van der Waals surface area (Å²) in [6, 6.07) is 58.6. The molecule has 0 spiro atoms. The minimum absolute atomic E-state index is 0.0390. The maximum Gasteiger partial charge on any atom is 0.167 e. The number of ether oxygens (including phenoxy) is 11. The van der Waals surface area contributed by atoms with Gasteiger partial charge in [0.1, 0.15) is 79.9 Å². The average molecular weight is 1860 g/mol. The van der Waals surface area contributed by atoms with E-state index in [1.54, 1.807) is 21.3 Å². The first-order valence-corrected chi connectivity index (χ1v) is 49.6. The molecule has 0 bridgehead atoms. The average Bonchev–Trinajstić information content (AvgIpc) is 0.864. The van der Waals surface area contributed by atoms with E-state index >= 15 is 0 Å². The summed E-state index contributed by atoms with van der Waals surface area (Å²) >= 11 is 0. The Bertz CT molecular complexity index is 4010. The zero-order valence-electron chi connectivity index (χ0n) is 93.3. The number of hydrogen-bond donors (Lipinski definition) is 0. The molecule has 0 amide bonds. The molecule has 0 heterocycles. The molecule has 134 heavy (non-hydrogen) atoms. The third-order valence-electron chi connectivity index (χ3n) is 22.1. The van der Waals surface area contributed by atoms with Gasteiger partial charge in [-0.1, -0.05) is 341 Å². The number of hydrogen-bond acceptors (Lipinski definition) is 13. The molecule has 7 aromatic rings. The van der Waals surface area contributed by atoms with Crippen molar-refractivity contribution in [1.82, 2.24) is 0 Å². The maximum atomic E-state index is 10.9. The van der Waals surface area contributed by atoms with E-state index in [9.17, 15) is 9.59 Å². The van der Waals surface area contributed by atoms with E-state index in [4.69, 9.17) is 52.1 Å². The third kappa shape index (κ3) is 56.9. The second-order valence-electron chi connectivity index (χ2n) is 49.8. The number of carbonyl (C=O) groups excluding carboxylic acids is 2. The zero-order chi connectivity index (χ0) is 103. The van der Waals surface area contributed by atoms with E-state index in [0.717, 1.165) is 105 Å². The van der Waals surface area contributed by atoms with Gasteiger partial charge in [-0.05, 0) is 271 Å². The summed E-state index contributed by atoms with van der Waals surface area (Å²) in [4.78, 5) is 21.7. The Morgan fingerprint density at radius 3 is 0.470 bits per heavy atom. The molecular formula is C121H196O13. The minimum atomic E-state index is 0.0390. The number of benzene rings is 7. The number of rotatable bonds is 41. The van der Waals surface area contributed by atoms with E-state index < -0.39 is 0 Å². The Labute approximate surface area is 821 Å². The van der Waals surface area contributed by atoms with Crippen LogP contribution in [0, 0.1) is 37.9 Å². The zero-order valence-corrected chi connectivity index (χ0v) is 93.3. The van der Waals surface area contributed by atoms with Crippen molar-refractivity contribution >= 4 is 11.6 Å². The number of methoxy groups -OCH3 is 3. The SMILES string of the molecule is CC(=O)COc1ccc(C(C)(C)CC(C)(C)C)cc1.CC(=O)COc1ccc(C(C)(C)CC(C)(C)C)cc1.CCCOCCOc1ccc(C(C)(C)CC(C)(C)C)cc1.CCCOc1ccc(C(C)(C)CC(C)(C)C)cc1.COCCOc1ccc(C(C)(C)CC(C)(C)C)cc1.COCCOc1ccc(C(C)(C)CC(C)(C)C)cc1.COCCOc1ccc(C(C)(C)CC(C)(C)C)cc1. The van der Waals surface area contributed by atoms with E-state index in [1.807, 2.05) is 24.3 Å². The number of carbonyl (C=O) groups is 2. The van der Waals surface area contributed by atoms with Crippen LogP contribution in [0.25, 0.3) is 0 Å². The Balaban J connectivity index is 0.000000782. The fourth-order valence-corrected chi connectivity index (χ4v) is 18.8. The predicted octanol–water partition coefficient (Wildman–Crippen LogP) is 32.4. The highest BCUT2D eigenvalue weighted by Gasteiger charge is 2.34. The molecule has 7 aromatic carbocycles. The van der Waals surface area contributed by atoms with Gasteiger partial charge in [-0.25, -0.2) is 0 Å². The lowest BCUT2D eigenvalue weighted by Gasteiger charge is -2.33. The summed E-state index contributed by atoms with van der Waals surface area (Å²) < 4.78 is 59.2. The highest BCUT2D eigenvalue weighted by Crippen LogP contribution is 2.44. The summed E-state index contributed by atoms with van der Waals surface area (Å²) in [5.74, 6) is 6.22. The summed E-state index contributed by atoms with van der Waals surface area (Å²) in [6.45, 7) is 94.2. The molecule has 0 unspecified atom stereocenters. The van der Waals surface area contributed by atoms with Gasteiger partial charge in [-0.3, -0.25) is 9.59 Å². The lowest BCUT2D eigenvalue weighted by atomic mass is 9.72. The second-order valence-corrected chi connectivity index (χ2v) is 49.8. The fraction of sp³-hybridized carbons (Fsp3) is 0.636. The van der Waals surface area contributed by atoms with Crippen molar-refractivity contribution < 1.29 is 61.7 Å². The van der Waals surface area contributed by atoms with Crippen LogP contribution in [0.5, 0.6) is 40.2 Å². The van der Waals surface area contributed by atoms with Gasteiger partial charge in [0.15, 0.2) is 11.6 Å². The molecule has 0 saturated carbocycles. The minimum Gasteiger partial charge on any atom is -0.494 e. The summed E-state index contributed by atoms with van der Waals surface area (Å²) in [5, 5.41) is 0. The Morgan fingerprint density at radius 2 is 0.336 bits per heavy atom. The van der Waals surface area contributed by atoms with Crippen LogP contribution in [-0.4, -0.2) is 112 Å². The first-order valence-electron chi connectivity index (χ1n) is 49.6. The quantitative estimate of drug-likeness (QED) is 0.0337. The van der Waals surface area contributed by atoms with Gasteiger partial charge in [0, 0.05) is 27.9 Å². The van der Waals surface area contributed by atoms with Crippen LogP contribution in [0.15, 0.2) is 170 Å². The topological polar surface area (TPSA) is 136 Å². The third-order valence-corrected chi connectivity index (χ3v) is 22.1. The van der Waals surface area contributed by atoms with Crippen molar-refractivity contribution in [2.75, 3.05) is 101 Å². The monoisotopic (exact) mass is 1860 g/mol. The van der Waals surface area contributed by atoms with E-state index in [1.165, 1.54) is 59.2 Å². The Hall–Kier alpha value is -7.68. The number of Topliss-reactive ketones (excluding diaryl/α,β-unsaturated/α-hetero) is 2. The molecule has 0 saturated heterocycles. The fourth-order valence-electron chi connectivity index (χ4n) is 18.8. The van der Waals surface area contributed by atoms with Gasteiger partial charge in [-0.2, -0.15) is 0 Å². The van der Waals surface area contributed by atoms with Crippen molar-refractivity contribution in [3.8, 4) is 40.2 Å². The van der Waals surface area contributed by atoms with E-state index in [2.05, 4.69) is 402 Å². The van der Waals surface area contributed by atoms with Gasteiger partial charge < -0.3 is 52.1 Å². The lowest BCUT2D eigenvalue weighted by Crippen LogP contribution is -2.24. The van der Waals surface area contributed by atoms with E-state index in [-0.39, 0.29) is 62.7 Å². The number of ketones is 2. The van der Waals surface area contributed by atoms with Crippen molar-refractivity contribution in [1.29, 1.82) is 0 Å². The van der Waals surface area contributed by atoms with Crippen LogP contribution in [0.4, 0.5) is 0 Å². The lowest BCUT2D eigenvalue weighted by molar-refractivity contribution is -0.119. The maximum absolute atomic E-state index is 10.9. The molecule has 0 N–H and O–H groups in total. The first kappa shape index (κ1) is 124. The first-order chi connectivity index (χ1) is 61.4. The van der Waals surface area contributed by atoms with Crippen LogP contribution in [-0.2, 0) is 66.4 Å². The van der Waals surface area contributed by atoms with Gasteiger partial charge in [0.05, 0.1) is 33.0 Å². The van der Waals surface area contributed by atoms with Crippen LogP contribution in [0.1, 0.15) is 367 Å². The van der Waals surface area contributed by atoms with Crippen molar-refractivity contribution in [2.45, 2.75) is 366 Å². The van der Waals surface area contributed by atoms with Crippen LogP contribution >= 0.6 is 0 Å². The van der Waals surface area contributed by atoms with Gasteiger partial charge >= 0.3 is 0 Å². The molecular weight excluding hydrogens is 1660 g/mol. The summed E-state index contributed by atoms with van der Waals surface area (Å²) in [6.07, 6.45) is 10.1. The summed E-state index contributed by atoms with van der Waals surface area (Å²) in [5.41, 5.74) is 12.9. The smallest absolute Gasteiger partial charge is 0.167 e. The molecule has 0 fully saturated rings. The predicted molar refractivity (Wildman–Crippen MR) is 572 cm³/mol. The van der Waals surface area contributed by atoms with Gasteiger partial charge in [0.25, 0.3) is 0 Å².